The van der Waals surface area contributed by atoms with Gasteiger partial charge in [-0.3, -0.25) is 4.90 Å². The number of anilines is 2. The van der Waals surface area contributed by atoms with E-state index in [2.05, 4.69) is 84.4 Å². The second-order valence-corrected chi connectivity index (χ2v) is 12.8. The third-order valence-electron chi connectivity index (χ3n) is 9.01. The fourth-order valence-electron chi connectivity index (χ4n) is 6.86. The molecule has 1 aliphatic carbocycles. The summed E-state index contributed by atoms with van der Waals surface area (Å²) in [6.45, 7) is 8.65. The van der Waals surface area contributed by atoms with E-state index in [1.54, 1.807) is 4.88 Å². The van der Waals surface area contributed by atoms with Crippen molar-refractivity contribution in [2.24, 2.45) is 11.8 Å². The van der Waals surface area contributed by atoms with E-state index in [-0.39, 0.29) is 0 Å². The summed E-state index contributed by atoms with van der Waals surface area (Å²) in [6.07, 6.45) is 11.1. The van der Waals surface area contributed by atoms with Gasteiger partial charge in [0, 0.05) is 38.5 Å². The Balaban J connectivity index is 1.38. The van der Waals surface area contributed by atoms with E-state index in [9.17, 15) is 0 Å². The first-order valence-electron chi connectivity index (χ1n) is 15.3. The Morgan fingerprint density at radius 2 is 1.69 bits per heavy atom. The number of hydrogen-bond donors (Lipinski definition) is 0. The molecule has 1 aromatic carbocycles. The third kappa shape index (κ3) is 6.71. The summed E-state index contributed by atoms with van der Waals surface area (Å²) in [7, 11) is 4.33. The number of nitrogens with zero attached hydrogens (tertiary/aromatic N) is 4. The van der Waals surface area contributed by atoms with Crippen molar-refractivity contribution in [1.82, 2.24) is 9.88 Å². The first kappa shape index (κ1) is 28.2. The number of thiophene rings is 1. The summed E-state index contributed by atoms with van der Waals surface area (Å²) in [5.41, 5.74) is 3.80. The van der Waals surface area contributed by atoms with Gasteiger partial charge in [0.05, 0.1) is 11.7 Å². The molecule has 0 bridgehead atoms. The highest BCUT2D eigenvalue weighted by Gasteiger charge is 2.37. The molecule has 1 aliphatic heterocycles. The van der Waals surface area contributed by atoms with Gasteiger partial charge in [-0.15, -0.1) is 11.3 Å². The van der Waals surface area contributed by atoms with Gasteiger partial charge in [0.15, 0.2) is 0 Å². The van der Waals surface area contributed by atoms with Gasteiger partial charge in [-0.2, -0.15) is 0 Å². The van der Waals surface area contributed by atoms with E-state index in [1.165, 1.54) is 75.7 Å². The Bertz CT molecular complexity index is 1140. The molecule has 0 radical (unpaired) electrons. The van der Waals surface area contributed by atoms with E-state index in [4.69, 9.17) is 9.40 Å². The average Bonchev–Trinajstić information content (AvgIpc) is 3.59. The van der Waals surface area contributed by atoms with Crippen molar-refractivity contribution in [1.29, 1.82) is 0 Å². The number of benzene rings is 1. The lowest BCUT2D eigenvalue weighted by Crippen LogP contribution is -2.39. The van der Waals surface area contributed by atoms with Gasteiger partial charge in [-0.05, 0) is 101 Å². The van der Waals surface area contributed by atoms with Crippen molar-refractivity contribution in [3.05, 3.63) is 63.8 Å². The van der Waals surface area contributed by atoms with E-state index in [1.807, 2.05) is 11.3 Å². The van der Waals surface area contributed by atoms with Gasteiger partial charge in [-0.1, -0.05) is 36.8 Å². The fraction of sp³-hybridized carbons (Fsp3) is 0.606. The lowest BCUT2D eigenvalue weighted by molar-refractivity contribution is 0.0689. The molecule has 0 amide bonds. The Morgan fingerprint density at radius 1 is 0.974 bits per heavy atom. The summed E-state index contributed by atoms with van der Waals surface area (Å²) < 4.78 is 6.82. The zero-order chi connectivity index (χ0) is 27.2. The van der Waals surface area contributed by atoms with Crippen LogP contribution < -0.4 is 9.80 Å². The van der Waals surface area contributed by atoms with Crippen LogP contribution in [-0.2, 0) is 12.8 Å². The summed E-state index contributed by atoms with van der Waals surface area (Å²) in [5.74, 6) is 3.36. The van der Waals surface area contributed by atoms with E-state index < -0.39 is 0 Å². The average molecular weight is 549 g/mol. The van der Waals surface area contributed by atoms with Gasteiger partial charge in [0.2, 0.25) is 11.8 Å². The van der Waals surface area contributed by atoms with Crippen molar-refractivity contribution in [2.45, 2.75) is 77.7 Å². The predicted molar refractivity (Wildman–Crippen MR) is 165 cm³/mol. The maximum atomic E-state index is 6.82. The van der Waals surface area contributed by atoms with Crippen LogP contribution in [0.15, 0.2) is 46.2 Å². The Labute approximate surface area is 240 Å². The minimum atomic E-state index is 0.296. The maximum Gasteiger partial charge on any atom is 0.219 e. The summed E-state index contributed by atoms with van der Waals surface area (Å²) in [6, 6.07) is 13.3. The van der Waals surface area contributed by atoms with Gasteiger partial charge < -0.3 is 14.2 Å². The largest absolute Gasteiger partial charge is 0.423 e. The quantitative estimate of drug-likeness (QED) is 0.244. The molecule has 5 nitrogen and oxygen atoms in total. The molecule has 39 heavy (non-hydrogen) atoms. The Morgan fingerprint density at radius 3 is 2.36 bits per heavy atom. The highest BCUT2D eigenvalue weighted by Crippen LogP contribution is 2.44. The normalized spacial score (nSPS) is 21.1. The van der Waals surface area contributed by atoms with Gasteiger partial charge in [0.25, 0.3) is 0 Å². The van der Waals surface area contributed by atoms with Gasteiger partial charge in [0.1, 0.15) is 5.69 Å². The molecule has 3 aromatic rings. The molecule has 0 N–H and O–H groups in total. The van der Waals surface area contributed by atoms with Crippen molar-refractivity contribution < 1.29 is 4.42 Å². The van der Waals surface area contributed by atoms with Crippen LogP contribution in [0.3, 0.4) is 0 Å². The van der Waals surface area contributed by atoms with Crippen LogP contribution in [0.4, 0.5) is 11.6 Å². The molecule has 2 fully saturated rings. The highest BCUT2D eigenvalue weighted by atomic mass is 32.1. The molecule has 1 atom stereocenters. The van der Waals surface area contributed by atoms with Gasteiger partial charge >= 0.3 is 0 Å². The van der Waals surface area contributed by atoms with Crippen molar-refractivity contribution >= 4 is 22.9 Å². The SMILES string of the molecule is CCN(CC)c1oc(C(C2CCC(Cc3sccc3N(C)C)CC2)N2CCCCC2)nc1Cc1ccccc1. The Kier molecular flexibility index (Phi) is 9.67. The molecule has 6 heteroatoms. The number of aromatic nitrogens is 1. The van der Waals surface area contributed by atoms with Crippen LogP contribution in [0.25, 0.3) is 0 Å². The van der Waals surface area contributed by atoms with Crippen LogP contribution in [0.2, 0.25) is 0 Å². The monoisotopic (exact) mass is 548 g/mol. The smallest absolute Gasteiger partial charge is 0.219 e. The number of piperidine rings is 1. The predicted octanol–water partition coefficient (Wildman–Crippen LogP) is 7.82. The van der Waals surface area contributed by atoms with E-state index in [0.29, 0.717) is 12.0 Å². The molecular formula is C33H48N4OS. The van der Waals surface area contributed by atoms with E-state index in [0.717, 1.165) is 42.9 Å². The van der Waals surface area contributed by atoms with Gasteiger partial charge in [-0.25, -0.2) is 4.98 Å². The van der Waals surface area contributed by atoms with Crippen molar-refractivity contribution in [3.8, 4) is 0 Å². The third-order valence-corrected chi connectivity index (χ3v) is 9.94. The molecule has 1 saturated carbocycles. The summed E-state index contributed by atoms with van der Waals surface area (Å²) in [4.78, 5) is 14.2. The maximum absolute atomic E-state index is 6.82. The lowest BCUT2D eigenvalue weighted by Gasteiger charge is -2.40. The minimum Gasteiger partial charge on any atom is -0.423 e. The van der Waals surface area contributed by atoms with Crippen LogP contribution in [0.5, 0.6) is 0 Å². The molecule has 5 rings (SSSR count). The number of rotatable bonds is 11. The molecule has 3 heterocycles. The highest BCUT2D eigenvalue weighted by molar-refractivity contribution is 7.10. The standard InChI is InChI=1S/C33H48N4OS/c1-5-36(6-2)33-28(23-25-13-9-7-10-14-25)34-32(38-33)31(37-20-11-8-12-21-37)27-17-15-26(16-18-27)24-30-29(35(3)4)19-22-39-30/h7,9-10,13-14,19,22,26-27,31H,5-6,8,11-12,15-18,20-21,23-24H2,1-4H3. The zero-order valence-corrected chi connectivity index (χ0v) is 25.4. The summed E-state index contributed by atoms with van der Waals surface area (Å²) >= 11 is 1.93. The Hall–Kier alpha value is -2.31. The molecular weight excluding hydrogens is 500 g/mol. The zero-order valence-electron chi connectivity index (χ0n) is 24.6. The number of oxazole rings is 1. The second kappa shape index (κ2) is 13.4. The van der Waals surface area contributed by atoms with Crippen LogP contribution >= 0.6 is 11.3 Å². The topological polar surface area (TPSA) is 35.8 Å². The number of hydrogen-bond acceptors (Lipinski definition) is 6. The first-order valence-corrected chi connectivity index (χ1v) is 16.2. The minimum absolute atomic E-state index is 0.296. The molecule has 1 saturated heterocycles. The molecule has 0 spiro atoms. The van der Waals surface area contributed by atoms with Crippen molar-refractivity contribution in [2.75, 3.05) is 50.1 Å². The lowest BCUT2D eigenvalue weighted by atomic mass is 9.76. The number of likely N-dealkylation sites (tertiary alicyclic amines) is 1. The van der Waals surface area contributed by atoms with Crippen molar-refractivity contribution in [3.63, 3.8) is 0 Å². The molecule has 2 aromatic heterocycles. The van der Waals surface area contributed by atoms with Crippen LogP contribution in [0.1, 0.15) is 86.9 Å². The molecule has 212 valence electrons. The first-order chi connectivity index (χ1) is 19.1. The molecule has 1 unspecified atom stereocenters. The molecule has 2 aliphatic rings. The van der Waals surface area contributed by atoms with E-state index >= 15 is 0 Å². The second-order valence-electron chi connectivity index (χ2n) is 11.8. The summed E-state index contributed by atoms with van der Waals surface area (Å²) in [5, 5.41) is 2.26. The van der Waals surface area contributed by atoms with Crippen LogP contribution in [-0.4, -0.2) is 50.2 Å². The van der Waals surface area contributed by atoms with Crippen LogP contribution in [0, 0.1) is 11.8 Å². The fourth-order valence-corrected chi connectivity index (χ4v) is 7.92.